The molecule has 0 aromatic carbocycles. The Hall–Kier alpha value is -2.04. The molecule has 0 aliphatic carbocycles. The van der Waals surface area contributed by atoms with Gasteiger partial charge in [0.25, 0.3) is 0 Å². The molecular weight excluding hydrogens is 182 g/mol. The van der Waals surface area contributed by atoms with Crippen molar-refractivity contribution in [2.24, 2.45) is 0 Å². The van der Waals surface area contributed by atoms with Crippen molar-refractivity contribution in [2.75, 3.05) is 0 Å². The zero-order valence-corrected chi connectivity index (χ0v) is 7.47. The second-order valence-electron chi connectivity index (χ2n) is 2.77. The number of aryl methyl sites for hydroxylation is 1. The molecule has 0 saturated heterocycles. The number of carbonyl (C=O) groups excluding carboxylic acids is 1. The number of hydrogen-bond donors (Lipinski definition) is 0. The Balaban J connectivity index is 2.38. The van der Waals surface area contributed by atoms with Crippen molar-refractivity contribution < 1.29 is 9.32 Å². The number of rotatable bonds is 2. The summed E-state index contributed by atoms with van der Waals surface area (Å²) in [5.74, 6) is 0.710. The zero-order chi connectivity index (χ0) is 9.97. The molecule has 5 nitrogen and oxygen atoms in total. The van der Waals surface area contributed by atoms with Crippen LogP contribution in [-0.4, -0.2) is 21.4 Å². The van der Waals surface area contributed by atoms with Gasteiger partial charge in [-0.25, -0.2) is 4.98 Å². The van der Waals surface area contributed by atoms with Gasteiger partial charge in [-0.1, -0.05) is 5.16 Å². The number of hydrogen-bond acceptors (Lipinski definition) is 5. The van der Waals surface area contributed by atoms with E-state index in [1.165, 1.54) is 12.4 Å². The highest BCUT2D eigenvalue weighted by Gasteiger charge is 2.05. The van der Waals surface area contributed by atoms with Crippen LogP contribution < -0.4 is 0 Å². The molecule has 0 fully saturated rings. The molecule has 0 unspecified atom stereocenters. The maximum absolute atomic E-state index is 10.3. The summed E-state index contributed by atoms with van der Waals surface area (Å²) >= 11 is 0. The van der Waals surface area contributed by atoms with Crippen LogP contribution in [0.4, 0.5) is 0 Å². The van der Waals surface area contributed by atoms with Gasteiger partial charge < -0.3 is 4.52 Å². The molecule has 2 rings (SSSR count). The van der Waals surface area contributed by atoms with Crippen LogP contribution in [0, 0.1) is 6.92 Å². The highest BCUT2D eigenvalue weighted by molar-refractivity contribution is 5.71. The van der Waals surface area contributed by atoms with Crippen LogP contribution in [0.3, 0.4) is 0 Å². The summed E-state index contributed by atoms with van der Waals surface area (Å²) in [4.78, 5) is 18.2. The minimum Gasteiger partial charge on any atom is -0.361 e. The van der Waals surface area contributed by atoms with Crippen LogP contribution in [-0.2, 0) is 0 Å². The lowest BCUT2D eigenvalue weighted by Crippen LogP contribution is -1.90. The van der Waals surface area contributed by atoms with Crippen molar-refractivity contribution in [3.63, 3.8) is 0 Å². The third-order valence-corrected chi connectivity index (χ3v) is 1.68. The van der Waals surface area contributed by atoms with Gasteiger partial charge in [-0.05, 0) is 6.92 Å². The molecule has 2 heterocycles. The van der Waals surface area contributed by atoms with Crippen LogP contribution in [0.25, 0.3) is 11.4 Å². The monoisotopic (exact) mass is 189 g/mol. The Morgan fingerprint density at radius 3 is 2.64 bits per heavy atom. The predicted molar refractivity (Wildman–Crippen MR) is 47.7 cm³/mol. The lowest BCUT2D eigenvalue weighted by molar-refractivity contribution is 0.111. The van der Waals surface area contributed by atoms with Crippen molar-refractivity contribution >= 4 is 6.29 Å². The van der Waals surface area contributed by atoms with E-state index >= 15 is 0 Å². The Morgan fingerprint density at radius 1 is 1.29 bits per heavy atom. The Morgan fingerprint density at radius 2 is 2.14 bits per heavy atom. The topological polar surface area (TPSA) is 68.9 Å². The lowest BCUT2D eigenvalue weighted by atomic mass is 10.3. The second kappa shape index (κ2) is 3.37. The van der Waals surface area contributed by atoms with E-state index in [1.54, 1.807) is 13.0 Å². The Kier molecular flexibility index (Phi) is 2.06. The summed E-state index contributed by atoms with van der Waals surface area (Å²) in [6.07, 6.45) is 3.53. The first-order valence-electron chi connectivity index (χ1n) is 4.00. The molecule has 2 aromatic rings. The van der Waals surface area contributed by atoms with Gasteiger partial charge in [-0.3, -0.25) is 9.78 Å². The molecular formula is C9H7N3O2. The van der Waals surface area contributed by atoms with E-state index in [0.717, 1.165) is 0 Å². The van der Waals surface area contributed by atoms with E-state index in [-0.39, 0.29) is 0 Å². The van der Waals surface area contributed by atoms with Gasteiger partial charge in [-0.15, -0.1) is 0 Å². The largest absolute Gasteiger partial charge is 0.361 e. The van der Waals surface area contributed by atoms with Crippen molar-refractivity contribution in [3.8, 4) is 11.4 Å². The summed E-state index contributed by atoms with van der Waals surface area (Å²) in [5.41, 5.74) is 1.51. The molecule has 0 atom stereocenters. The highest BCUT2D eigenvalue weighted by atomic mass is 16.5. The van der Waals surface area contributed by atoms with E-state index in [4.69, 9.17) is 4.52 Å². The quantitative estimate of drug-likeness (QED) is 0.665. The normalized spacial score (nSPS) is 10.1. The van der Waals surface area contributed by atoms with E-state index in [2.05, 4.69) is 15.1 Å². The third-order valence-electron chi connectivity index (χ3n) is 1.68. The molecule has 0 radical (unpaired) electrons. The first-order chi connectivity index (χ1) is 6.79. The summed E-state index contributed by atoms with van der Waals surface area (Å²) in [6, 6.07) is 1.75. The maximum Gasteiger partial charge on any atom is 0.170 e. The van der Waals surface area contributed by atoms with Gasteiger partial charge in [0.1, 0.15) is 22.8 Å². The van der Waals surface area contributed by atoms with Gasteiger partial charge in [-0.2, -0.15) is 0 Å². The van der Waals surface area contributed by atoms with E-state index < -0.39 is 0 Å². The van der Waals surface area contributed by atoms with Gasteiger partial charge >= 0.3 is 0 Å². The van der Waals surface area contributed by atoms with Gasteiger partial charge in [0, 0.05) is 6.07 Å². The molecule has 70 valence electrons. The molecule has 0 amide bonds. The second-order valence-corrected chi connectivity index (χ2v) is 2.77. The molecule has 2 aromatic heterocycles. The van der Waals surface area contributed by atoms with Crippen molar-refractivity contribution in [1.82, 2.24) is 15.1 Å². The number of nitrogens with zero attached hydrogens (tertiary/aromatic N) is 3. The highest BCUT2D eigenvalue weighted by Crippen LogP contribution is 2.14. The Labute approximate surface area is 79.8 Å². The predicted octanol–water partition coefficient (Wildman–Crippen LogP) is 1.25. The van der Waals surface area contributed by atoms with Crippen LogP contribution in [0.2, 0.25) is 0 Å². The van der Waals surface area contributed by atoms with Crippen LogP contribution in [0.15, 0.2) is 23.0 Å². The Bertz CT molecular complexity index is 447. The smallest absolute Gasteiger partial charge is 0.170 e. The molecule has 14 heavy (non-hydrogen) atoms. The average Bonchev–Trinajstić information content (AvgIpc) is 2.65. The summed E-state index contributed by atoms with van der Waals surface area (Å²) in [5, 5.41) is 3.78. The molecule has 0 bridgehead atoms. The average molecular weight is 189 g/mol. The first-order valence-corrected chi connectivity index (χ1v) is 4.00. The van der Waals surface area contributed by atoms with Crippen LogP contribution in [0.1, 0.15) is 16.2 Å². The summed E-state index contributed by atoms with van der Waals surface area (Å²) in [6.45, 7) is 1.80. The number of carbonyl (C=O) groups is 1. The molecule has 0 aliphatic rings. The lowest BCUT2D eigenvalue weighted by Gasteiger charge is -1.92. The number of aldehydes is 1. The minimum absolute atomic E-state index is 0.300. The van der Waals surface area contributed by atoms with Crippen LogP contribution in [0.5, 0.6) is 0 Å². The van der Waals surface area contributed by atoms with Crippen molar-refractivity contribution in [1.29, 1.82) is 0 Å². The maximum atomic E-state index is 10.3. The van der Waals surface area contributed by atoms with Crippen molar-refractivity contribution in [3.05, 3.63) is 29.9 Å². The fourth-order valence-corrected chi connectivity index (χ4v) is 1.02. The van der Waals surface area contributed by atoms with Gasteiger partial charge in [0.2, 0.25) is 0 Å². The summed E-state index contributed by atoms with van der Waals surface area (Å²) in [7, 11) is 0. The van der Waals surface area contributed by atoms with Gasteiger partial charge in [0.05, 0.1) is 12.4 Å². The molecule has 0 saturated carbocycles. The fourth-order valence-electron chi connectivity index (χ4n) is 1.02. The third kappa shape index (κ3) is 1.52. The van der Waals surface area contributed by atoms with Crippen LogP contribution >= 0.6 is 0 Å². The minimum atomic E-state index is 0.300. The fraction of sp³-hybridized carbons (Fsp3) is 0.111. The summed E-state index contributed by atoms with van der Waals surface area (Å²) < 4.78 is 4.89. The standard InChI is InChI=1S/C9H7N3O2/c1-6-2-8(12-14-6)9-4-10-7(5-13)3-11-9/h2-5H,1H3. The van der Waals surface area contributed by atoms with E-state index in [1.807, 2.05) is 0 Å². The molecule has 0 spiro atoms. The first kappa shape index (κ1) is 8.55. The molecule has 5 heteroatoms. The van der Waals surface area contributed by atoms with E-state index in [0.29, 0.717) is 29.1 Å². The van der Waals surface area contributed by atoms with Gasteiger partial charge in [0.15, 0.2) is 6.29 Å². The van der Waals surface area contributed by atoms with Crippen molar-refractivity contribution in [2.45, 2.75) is 6.92 Å². The number of aromatic nitrogens is 3. The molecule has 0 aliphatic heterocycles. The molecule has 0 N–H and O–H groups in total. The van der Waals surface area contributed by atoms with E-state index in [9.17, 15) is 4.79 Å². The zero-order valence-electron chi connectivity index (χ0n) is 7.47. The SMILES string of the molecule is Cc1cc(-c2cnc(C=O)cn2)no1.